The lowest BCUT2D eigenvalue weighted by Crippen LogP contribution is -2.18. The highest BCUT2D eigenvalue weighted by Gasteiger charge is 2.25. The number of hydrogen-bond acceptors (Lipinski definition) is 6. The summed E-state index contributed by atoms with van der Waals surface area (Å²) in [7, 11) is 0. The number of nitrogens with one attached hydrogen (secondary N) is 1. The molecule has 1 aliphatic carbocycles. The van der Waals surface area contributed by atoms with Crippen LogP contribution in [-0.2, 0) is 4.74 Å². The number of fused-ring (bicyclic) bond motifs is 1. The molecule has 150 valence electrons. The third-order valence-electron chi connectivity index (χ3n) is 4.87. The summed E-state index contributed by atoms with van der Waals surface area (Å²) in [4.78, 5) is 29.8. The number of nitrogens with zero attached hydrogens (tertiary/aromatic N) is 3. The third kappa shape index (κ3) is 3.67. The van der Waals surface area contributed by atoms with Gasteiger partial charge in [0.25, 0.3) is 5.91 Å². The van der Waals surface area contributed by atoms with Gasteiger partial charge in [0, 0.05) is 17.8 Å². The maximum absolute atomic E-state index is 12.8. The molecule has 3 heterocycles. The second kappa shape index (κ2) is 7.47. The summed E-state index contributed by atoms with van der Waals surface area (Å²) < 4.78 is 12.5. The van der Waals surface area contributed by atoms with Crippen LogP contribution in [0.5, 0.6) is 0 Å². The number of furan rings is 1. The smallest absolute Gasteiger partial charge is 0.341 e. The number of para-hydroxylation sites is 1. The maximum atomic E-state index is 12.8. The van der Waals surface area contributed by atoms with Crippen LogP contribution in [0.2, 0.25) is 0 Å². The van der Waals surface area contributed by atoms with E-state index in [9.17, 15) is 9.59 Å². The summed E-state index contributed by atoms with van der Waals surface area (Å²) in [6.07, 6.45) is 5.48. The van der Waals surface area contributed by atoms with Gasteiger partial charge in [-0.1, -0.05) is 18.2 Å². The van der Waals surface area contributed by atoms with Crippen LogP contribution in [0.25, 0.3) is 16.8 Å². The first-order chi connectivity index (χ1) is 14.7. The molecule has 0 saturated heterocycles. The van der Waals surface area contributed by atoms with Gasteiger partial charge in [0.05, 0.1) is 6.61 Å². The molecule has 0 aliphatic heterocycles. The molecule has 5 rings (SSSR count). The number of carbonyl (C=O) groups excluding carboxylic acids is 2. The van der Waals surface area contributed by atoms with E-state index in [0.717, 1.165) is 18.2 Å². The van der Waals surface area contributed by atoms with E-state index in [0.29, 0.717) is 23.9 Å². The number of amides is 1. The van der Waals surface area contributed by atoms with Crippen LogP contribution in [0.15, 0.2) is 65.3 Å². The Kier molecular flexibility index (Phi) is 4.51. The van der Waals surface area contributed by atoms with E-state index in [2.05, 4.69) is 15.4 Å². The lowest BCUT2D eigenvalue weighted by Gasteiger charge is -2.11. The van der Waals surface area contributed by atoms with Gasteiger partial charge in [0.1, 0.15) is 17.0 Å². The Morgan fingerprint density at radius 2 is 2.03 bits per heavy atom. The van der Waals surface area contributed by atoms with Crippen molar-refractivity contribution < 1.29 is 18.7 Å². The molecule has 0 spiro atoms. The molecular weight excluding hydrogens is 384 g/mol. The van der Waals surface area contributed by atoms with Gasteiger partial charge in [-0.2, -0.15) is 5.10 Å². The maximum Gasteiger partial charge on any atom is 0.341 e. The molecule has 3 aromatic heterocycles. The van der Waals surface area contributed by atoms with Crippen molar-refractivity contribution in [2.75, 3.05) is 11.9 Å². The second-order valence-electron chi connectivity index (χ2n) is 7.16. The van der Waals surface area contributed by atoms with Crippen molar-refractivity contribution in [3.05, 3.63) is 72.2 Å². The van der Waals surface area contributed by atoms with Crippen molar-refractivity contribution in [2.24, 2.45) is 5.92 Å². The Hall–Kier alpha value is -3.94. The number of benzene rings is 1. The lowest BCUT2D eigenvalue weighted by molar-refractivity contribution is 0.0487. The van der Waals surface area contributed by atoms with E-state index in [-0.39, 0.29) is 17.1 Å². The van der Waals surface area contributed by atoms with E-state index < -0.39 is 11.9 Å². The molecule has 1 saturated carbocycles. The Bertz CT molecular complexity index is 1190. The highest BCUT2D eigenvalue weighted by atomic mass is 16.5. The SMILES string of the molecule is O=C(Nc1nc(-n2cccn2)ccc1C(=O)OCC1CC1)c1cc2ccccc2o1. The largest absolute Gasteiger partial charge is 0.462 e. The molecule has 0 radical (unpaired) electrons. The minimum atomic E-state index is -0.527. The first-order valence-electron chi connectivity index (χ1n) is 9.65. The Balaban J connectivity index is 1.45. The zero-order chi connectivity index (χ0) is 20.5. The number of aromatic nitrogens is 3. The van der Waals surface area contributed by atoms with Gasteiger partial charge >= 0.3 is 5.97 Å². The van der Waals surface area contributed by atoms with Crippen molar-refractivity contribution >= 4 is 28.7 Å². The number of esters is 1. The number of pyridine rings is 1. The van der Waals surface area contributed by atoms with Gasteiger partial charge in [-0.3, -0.25) is 4.79 Å². The molecule has 0 unspecified atom stereocenters. The molecule has 8 nitrogen and oxygen atoms in total. The Morgan fingerprint density at radius 1 is 1.17 bits per heavy atom. The van der Waals surface area contributed by atoms with Crippen molar-refractivity contribution in [3.8, 4) is 5.82 Å². The first-order valence-corrected chi connectivity index (χ1v) is 9.65. The van der Waals surface area contributed by atoms with Crippen molar-refractivity contribution in [3.63, 3.8) is 0 Å². The minimum absolute atomic E-state index is 0.0919. The fourth-order valence-electron chi connectivity index (χ4n) is 3.06. The van der Waals surface area contributed by atoms with E-state index in [1.807, 2.05) is 18.2 Å². The summed E-state index contributed by atoms with van der Waals surface area (Å²) in [5.41, 5.74) is 0.779. The first kappa shape index (κ1) is 18.1. The van der Waals surface area contributed by atoms with Gasteiger partial charge in [-0.25, -0.2) is 14.5 Å². The van der Waals surface area contributed by atoms with Crippen molar-refractivity contribution in [2.45, 2.75) is 12.8 Å². The van der Waals surface area contributed by atoms with Crippen LogP contribution in [0.4, 0.5) is 5.82 Å². The fourth-order valence-corrected chi connectivity index (χ4v) is 3.06. The zero-order valence-electron chi connectivity index (χ0n) is 15.9. The highest BCUT2D eigenvalue weighted by Crippen LogP contribution is 2.29. The standard InChI is InChI=1S/C22H18N4O4/c27-21(18-12-15-4-1-2-5-17(15)30-18)25-20-16(22(28)29-13-14-6-7-14)8-9-19(24-20)26-11-3-10-23-26/h1-5,8-12,14H,6-7,13H2,(H,24,25,27). The van der Waals surface area contributed by atoms with Gasteiger partial charge in [0.2, 0.25) is 0 Å². The summed E-state index contributed by atoms with van der Waals surface area (Å²) in [5.74, 6) is 0.0698. The van der Waals surface area contributed by atoms with Crippen LogP contribution < -0.4 is 5.32 Å². The predicted octanol–water partition coefficient (Wildman–Crippen LogP) is 3.83. The molecule has 4 aromatic rings. The second-order valence-corrected chi connectivity index (χ2v) is 7.16. The number of hydrogen-bond donors (Lipinski definition) is 1. The van der Waals surface area contributed by atoms with Crippen LogP contribution in [0.3, 0.4) is 0 Å². The van der Waals surface area contributed by atoms with Crippen molar-refractivity contribution in [1.29, 1.82) is 0 Å². The summed E-state index contributed by atoms with van der Waals surface area (Å²) in [6.45, 7) is 0.372. The van der Waals surface area contributed by atoms with E-state index in [1.54, 1.807) is 42.7 Å². The number of carbonyl (C=O) groups is 2. The molecular formula is C22H18N4O4. The van der Waals surface area contributed by atoms with Gasteiger partial charge in [0.15, 0.2) is 11.6 Å². The molecule has 1 fully saturated rings. The molecule has 1 aliphatic rings. The van der Waals surface area contributed by atoms with E-state index in [4.69, 9.17) is 9.15 Å². The highest BCUT2D eigenvalue weighted by molar-refractivity contribution is 6.07. The summed E-state index contributed by atoms with van der Waals surface area (Å²) in [5, 5.41) is 7.64. The van der Waals surface area contributed by atoms with Crippen molar-refractivity contribution in [1.82, 2.24) is 14.8 Å². The normalized spacial score (nSPS) is 13.3. The monoisotopic (exact) mass is 402 g/mol. The number of anilines is 1. The number of ether oxygens (including phenoxy) is 1. The molecule has 1 N–H and O–H groups in total. The van der Waals surface area contributed by atoms with Crippen LogP contribution in [0, 0.1) is 5.92 Å². The van der Waals surface area contributed by atoms with E-state index in [1.165, 1.54) is 4.68 Å². The molecule has 0 atom stereocenters. The van der Waals surface area contributed by atoms with E-state index >= 15 is 0 Å². The molecule has 8 heteroatoms. The average molecular weight is 402 g/mol. The molecule has 1 aromatic carbocycles. The quantitative estimate of drug-likeness (QED) is 0.492. The topological polar surface area (TPSA) is 99.2 Å². The third-order valence-corrected chi connectivity index (χ3v) is 4.87. The molecule has 30 heavy (non-hydrogen) atoms. The summed E-state index contributed by atoms with van der Waals surface area (Å²) >= 11 is 0. The molecule has 0 bridgehead atoms. The minimum Gasteiger partial charge on any atom is -0.462 e. The van der Waals surface area contributed by atoms with Gasteiger partial charge in [-0.05, 0) is 49.1 Å². The number of rotatable bonds is 6. The van der Waals surface area contributed by atoms with Crippen LogP contribution in [-0.4, -0.2) is 33.2 Å². The zero-order valence-corrected chi connectivity index (χ0v) is 15.9. The Labute approximate surface area is 171 Å². The lowest BCUT2D eigenvalue weighted by atomic mass is 10.2. The van der Waals surface area contributed by atoms with Gasteiger partial charge < -0.3 is 14.5 Å². The Morgan fingerprint density at radius 3 is 2.80 bits per heavy atom. The van der Waals surface area contributed by atoms with Crippen LogP contribution >= 0.6 is 0 Å². The van der Waals surface area contributed by atoms with Gasteiger partial charge in [-0.15, -0.1) is 0 Å². The average Bonchev–Trinajstić information content (AvgIpc) is 3.25. The predicted molar refractivity (Wildman–Crippen MR) is 109 cm³/mol. The molecule has 1 amide bonds. The van der Waals surface area contributed by atoms with Crippen LogP contribution in [0.1, 0.15) is 33.8 Å². The summed E-state index contributed by atoms with van der Waals surface area (Å²) in [6, 6.07) is 14.0. The fraction of sp³-hybridized carbons (Fsp3) is 0.182.